The molecule has 7 heteroatoms. The first kappa shape index (κ1) is 15.3. The Morgan fingerprint density at radius 1 is 1.44 bits per heavy atom. The third-order valence-electron chi connectivity index (χ3n) is 2.51. The zero-order valence-electron chi connectivity index (χ0n) is 9.89. The van der Waals surface area contributed by atoms with Gasteiger partial charge in [0.1, 0.15) is 11.0 Å². The zero-order chi connectivity index (χ0) is 13.9. The molecular weight excluding hydrogens is 297 g/mol. The molecule has 0 heterocycles. The summed E-state index contributed by atoms with van der Waals surface area (Å²) in [5.41, 5.74) is 0.391. The van der Waals surface area contributed by atoms with Crippen LogP contribution in [0.3, 0.4) is 0 Å². The summed E-state index contributed by atoms with van der Waals surface area (Å²) in [6.45, 7) is 1.70. The summed E-state index contributed by atoms with van der Waals surface area (Å²) in [5, 5.41) is 11.9. The van der Waals surface area contributed by atoms with E-state index < -0.39 is 15.1 Å². The number of hydrogen-bond donors (Lipinski definition) is 1. The molecule has 0 aliphatic heterocycles. The SMILES string of the molecule is CC[C@@H](/C(=N\O)c1ccc(Cl)cc1Cl)S(C)(=O)=O. The molecular formula is C11H13Cl2NO3S. The first-order valence-electron chi connectivity index (χ1n) is 5.17. The summed E-state index contributed by atoms with van der Waals surface area (Å²) in [6.07, 6.45) is 1.38. The van der Waals surface area contributed by atoms with Crippen LogP contribution in [0.1, 0.15) is 18.9 Å². The second-order valence-corrected chi connectivity index (χ2v) is 6.91. The monoisotopic (exact) mass is 309 g/mol. The van der Waals surface area contributed by atoms with Gasteiger partial charge < -0.3 is 5.21 Å². The number of nitrogens with zero attached hydrogens (tertiary/aromatic N) is 1. The normalized spacial score (nSPS) is 14.6. The van der Waals surface area contributed by atoms with E-state index in [1.54, 1.807) is 13.0 Å². The number of oxime groups is 1. The van der Waals surface area contributed by atoms with Crippen molar-refractivity contribution in [2.24, 2.45) is 5.16 Å². The van der Waals surface area contributed by atoms with Gasteiger partial charge in [-0.05, 0) is 24.6 Å². The van der Waals surface area contributed by atoms with Gasteiger partial charge in [0.15, 0.2) is 9.84 Å². The standard InChI is InChI=1S/C11H13Cl2NO3S/c1-3-10(18(2,16)17)11(14-15)8-5-4-7(12)6-9(8)13/h4-6,10,15H,3H2,1-2H3/b14-11-/t10-/m0/s1. The Labute approximate surface area is 116 Å². The molecule has 4 nitrogen and oxygen atoms in total. The molecule has 1 N–H and O–H groups in total. The molecule has 0 aliphatic carbocycles. The average Bonchev–Trinajstić information content (AvgIpc) is 2.25. The highest BCUT2D eigenvalue weighted by Crippen LogP contribution is 2.24. The number of rotatable bonds is 4. The molecule has 1 atom stereocenters. The van der Waals surface area contributed by atoms with Crippen LogP contribution in [0.5, 0.6) is 0 Å². The van der Waals surface area contributed by atoms with Crippen LogP contribution >= 0.6 is 23.2 Å². The van der Waals surface area contributed by atoms with E-state index in [1.807, 2.05) is 0 Å². The average molecular weight is 310 g/mol. The molecule has 0 fully saturated rings. The Morgan fingerprint density at radius 2 is 2.06 bits per heavy atom. The first-order chi connectivity index (χ1) is 8.31. The summed E-state index contributed by atoms with van der Waals surface area (Å²) < 4.78 is 23.3. The zero-order valence-corrected chi connectivity index (χ0v) is 12.2. The van der Waals surface area contributed by atoms with Gasteiger partial charge in [0.05, 0.1) is 5.02 Å². The van der Waals surface area contributed by atoms with Crippen molar-refractivity contribution in [3.8, 4) is 0 Å². The van der Waals surface area contributed by atoms with E-state index in [9.17, 15) is 8.42 Å². The van der Waals surface area contributed by atoms with Crippen molar-refractivity contribution in [3.63, 3.8) is 0 Å². The number of halogens is 2. The molecule has 0 saturated carbocycles. The lowest BCUT2D eigenvalue weighted by Gasteiger charge is -2.15. The fourth-order valence-electron chi connectivity index (χ4n) is 1.69. The van der Waals surface area contributed by atoms with Crippen LogP contribution in [0.2, 0.25) is 10.0 Å². The van der Waals surface area contributed by atoms with Crippen molar-refractivity contribution in [2.45, 2.75) is 18.6 Å². The van der Waals surface area contributed by atoms with Crippen molar-refractivity contribution in [1.29, 1.82) is 0 Å². The smallest absolute Gasteiger partial charge is 0.156 e. The van der Waals surface area contributed by atoms with Crippen LogP contribution in [0, 0.1) is 0 Å². The van der Waals surface area contributed by atoms with Crippen molar-refractivity contribution in [2.75, 3.05) is 6.26 Å². The van der Waals surface area contributed by atoms with E-state index in [-0.39, 0.29) is 17.2 Å². The minimum absolute atomic E-state index is 0.0293. The molecule has 0 aliphatic rings. The molecule has 0 saturated heterocycles. The topological polar surface area (TPSA) is 66.7 Å². The number of benzene rings is 1. The molecule has 0 unspecified atom stereocenters. The number of hydrogen-bond acceptors (Lipinski definition) is 4. The minimum atomic E-state index is -3.38. The van der Waals surface area contributed by atoms with E-state index in [2.05, 4.69) is 5.16 Å². The van der Waals surface area contributed by atoms with E-state index in [0.29, 0.717) is 10.6 Å². The van der Waals surface area contributed by atoms with Crippen LogP contribution in [-0.4, -0.2) is 30.8 Å². The van der Waals surface area contributed by atoms with Gasteiger partial charge in [0, 0.05) is 16.8 Å². The molecule has 1 aromatic rings. The Morgan fingerprint density at radius 3 is 2.44 bits per heavy atom. The molecule has 0 spiro atoms. The van der Waals surface area contributed by atoms with Gasteiger partial charge in [-0.15, -0.1) is 0 Å². The molecule has 0 amide bonds. The Hall–Kier alpha value is -0.780. The predicted octanol–water partition coefficient (Wildman–Crippen LogP) is 2.99. The lowest BCUT2D eigenvalue weighted by atomic mass is 10.1. The maximum atomic E-state index is 11.7. The molecule has 0 radical (unpaired) electrons. The Kier molecular flexibility index (Phi) is 5.01. The lowest BCUT2D eigenvalue weighted by Crippen LogP contribution is -2.30. The van der Waals surface area contributed by atoms with Crippen LogP contribution in [-0.2, 0) is 9.84 Å². The summed E-state index contributed by atoms with van der Waals surface area (Å²) in [6, 6.07) is 4.56. The summed E-state index contributed by atoms with van der Waals surface area (Å²) in [7, 11) is -3.38. The fraction of sp³-hybridized carbons (Fsp3) is 0.364. The molecule has 100 valence electrons. The summed E-state index contributed by atoms with van der Waals surface area (Å²) in [4.78, 5) is 0. The molecule has 18 heavy (non-hydrogen) atoms. The lowest BCUT2D eigenvalue weighted by molar-refractivity contribution is 0.318. The van der Waals surface area contributed by atoms with Crippen LogP contribution in [0.4, 0.5) is 0 Å². The highest BCUT2D eigenvalue weighted by atomic mass is 35.5. The minimum Gasteiger partial charge on any atom is -0.411 e. The van der Waals surface area contributed by atoms with Gasteiger partial charge in [-0.1, -0.05) is 35.3 Å². The van der Waals surface area contributed by atoms with E-state index in [4.69, 9.17) is 28.4 Å². The molecule has 0 aromatic heterocycles. The van der Waals surface area contributed by atoms with Crippen molar-refractivity contribution in [1.82, 2.24) is 0 Å². The van der Waals surface area contributed by atoms with E-state index in [1.165, 1.54) is 12.1 Å². The maximum Gasteiger partial charge on any atom is 0.156 e. The van der Waals surface area contributed by atoms with Crippen LogP contribution in [0.25, 0.3) is 0 Å². The Balaban J connectivity index is 3.35. The quantitative estimate of drug-likeness (QED) is 0.528. The predicted molar refractivity (Wildman–Crippen MR) is 73.7 cm³/mol. The highest BCUT2D eigenvalue weighted by Gasteiger charge is 2.28. The number of sulfone groups is 1. The van der Waals surface area contributed by atoms with Gasteiger partial charge in [0.25, 0.3) is 0 Å². The van der Waals surface area contributed by atoms with Crippen LogP contribution < -0.4 is 0 Å². The van der Waals surface area contributed by atoms with E-state index >= 15 is 0 Å². The van der Waals surface area contributed by atoms with Gasteiger partial charge in [0.2, 0.25) is 0 Å². The maximum absolute atomic E-state index is 11.7. The van der Waals surface area contributed by atoms with Crippen molar-refractivity contribution in [3.05, 3.63) is 33.8 Å². The highest BCUT2D eigenvalue weighted by molar-refractivity contribution is 7.92. The molecule has 0 bridgehead atoms. The second-order valence-electron chi connectivity index (χ2n) is 3.84. The molecule has 1 aromatic carbocycles. The van der Waals surface area contributed by atoms with Gasteiger partial charge in [-0.3, -0.25) is 0 Å². The third kappa shape index (κ3) is 3.37. The first-order valence-corrected chi connectivity index (χ1v) is 7.88. The van der Waals surface area contributed by atoms with Crippen LogP contribution in [0.15, 0.2) is 23.4 Å². The van der Waals surface area contributed by atoms with E-state index in [0.717, 1.165) is 6.26 Å². The van der Waals surface area contributed by atoms with Gasteiger partial charge in [-0.2, -0.15) is 0 Å². The second kappa shape index (κ2) is 5.91. The summed E-state index contributed by atoms with van der Waals surface area (Å²) in [5.74, 6) is 0. The van der Waals surface area contributed by atoms with Gasteiger partial charge in [-0.25, -0.2) is 8.42 Å². The largest absolute Gasteiger partial charge is 0.411 e. The van der Waals surface area contributed by atoms with Crippen molar-refractivity contribution >= 4 is 38.8 Å². The summed E-state index contributed by atoms with van der Waals surface area (Å²) >= 11 is 11.7. The Bertz CT molecular complexity index is 570. The van der Waals surface area contributed by atoms with Gasteiger partial charge >= 0.3 is 0 Å². The fourth-order valence-corrected chi connectivity index (χ4v) is 3.38. The van der Waals surface area contributed by atoms with Crippen molar-refractivity contribution < 1.29 is 13.6 Å². The third-order valence-corrected chi connectivity index (χ3v) is 4.65. The molecule has 1 rings (SSSR count).